The minimum Gasteiger partial charge on any atom is -0.346 e. The van der Waals surface area contributed by atoms with Gasteiger partial charge in [0.05, 0.1) is 0 Å². The Bertz CT molecular complexity index is 445. The van der Waals surface area contributed by atoms with Gasteiger partial charge in [0.25, 0.3) is 0 Å². The number of aromatic nitrogens is 2. The van der Waals surface area contributed by atoms with Gasteiger partial charge < -0.3 is 10.7 Å². The van der Waals surface area contributed by atoms with Gasteiger partial charge in [-0.2, -0.15) is 0 Å². The van der Waals surface area contributed by atoms with Crippen LogP contribution >= 0.6 is 0 Å². The number of hydrogen-bond donors (Lipinski definition) is 2. The molecule has 0 saturated carbocycles. The van der Waals surface area contributed by atoms with Crippen LogP contribution in [0.3, 0.4) is 0 Å². The van der Waals surface area contributed by atoms with Crippen molar-refractivity contribution in [3.63, 3.8) is 0 Å². The Kier molecular flexibility index (Phi) is 2.73. The van der Waals surface area contributed by atoms with Crippen molar-refractivity contribution in [2.75, 3.05) is 6.54 Å². The van der Waals surface area contributed by atoms with Crippen molar-refractivity contribution in [1.82, 2.24) is 9.97 Å². The fourth-order valence-electron chi connectivity index (χ4n) is 2.04. The van der Waals surface area contributed by atoms with E-state index in [1.54, 1.807) is 6.20 Å². The molecule has 3 nitrogen and oxygen atoms in total. The first-order chi connectivity index (χ1) is 7.24. The molecule has 2 aromatic rings. The van der Waals surface area contributed by atoms with Crippen LogP contribution in [-0.2, 0) is 0 Å². The molecule has 0 fully saturated rings. The average Bonchev–Trinajstić information content (AvgIpc) is 2.63. The normalized spacial score (nSPS) is 13.6. The third-order valence-electron chi connectivity index (χ3n) is 2.94. The van der Waals surface area contributed by atoms with Crippen LogP contribution in [0.25, 0.3) is 11.0 Å². The lowest BCUT2D eigenvalue weighted by atomic mass is 9.89. The molecule has 0 spiro atoms. The summed E-state index contributed by atoms with van der Waals surface area (Å²) in [5.74, 6) is 0.956. The molecule has 0 aliphatic heterocycles. The summed E-state index contributed by atoms with van der Waals surface area (Å²) in [6.07, 6.45) is 3.84. The first kappa shape index (κ1) is 10.2. The van der Waals surface area contributed by atoms with E-state index >= 15 is 0 Å². The second kappa shape index (κ2) is 4.03. The molecule has 1 unspecified atom stereocenters. The molecular formula is C12H17N3. The molecule has 0 amide bonds. The van der Waals surface area contributed by atoms with Crippen LogP contribution in [-0.4, -0.2) is 16.5 Å². The van der Waals surface area contributed by atoms with Crippen LogP contribution in [0.2, 0.25) is 0 Å². The van der Waals surface area contributed by atoms with E-state index in [0.717, 1.165) is 5.65 Å². The minimum atomic E-state index is 0.406. The lowest BCUT2D eigenvalue weighted by Crippen LogP contribution is -2.17. The summed E-state index contributed by atoms with van der Waals surface area (Å²) in [6.45, 7) is 5.08. The SMILES string of the molecule is CC(C)C(CN)c1c[nH]c2ncccc12. The van der Waals surface area contributed by atoms with Crippen molar-refractivity contribution in [1.29, 1.82) is 0 Å². The molecule has 80 valence electrons. The van der Waals surface area contributed by atoms with Crippen molar-refractivity contribution in [3.8, 4) is 0 Å². The number of nitrogens with zero attached hydrogens (tertiary/aromatic N) is 1. The molecule has 2 heterocycles. The molecule has 2 rings (SSSR count). The number of nitrogens with one attached hydrogen (secondary N) is 1. The fourth-order valence-corrected chi connectivity index (χ4v) is 2.04. The zero-order chi connectivity index (χ0) is 10.8. The van der Waals surface area contributed by atoms with E-state index < -0.39 is 0 Å². The summed E-state index contributed by atoms with van der Waals surface area (Å²) >= 11 is 0. The third-order valence-corrected chi connectivity index (χ3v) is 2.94. The summed E-state index contributed by atoms with van der Waals surface area (Å²) in [5.41, 5.74) is 8.06. The van der Waals surface area contributed by atoms with E-state index in [0.29, 0.717) is 18.4 Å². The number of hydrogen-bond acceptors (Lipinski definition) is 2. The number of fused-ring (bicyclic) bond motifs is 1. The predicted molar refractivity (Wildman–Crippen MR) is 62.7 cm³/mol. The Morgan fingerprint density at radius 3 is 2.93 bits per heavy atom. The van der Waals surface area contributed by atoms with E-state index in [9.17, 15) is 0 Å². The highest BCUT2D eigenvalue weighted by Crippen LogP contribution is 2.28. The molecule has 15 heavy (non-hydrogen) atoms. The van der Waals surface area contributed by atoms with E-state index in [2.05, 4.69) is 29.9 Å². The monoisotopic (exact) mass is 203 g/mol. The fraction of sp³-hybridized carbons (Fsp3) is 0.417. The van der Waals surface area contributed by atoms with Crippen molar-refractivity contribution in [3.05, 3.63) is 30.1 Å². The topological polar surface area (TPSA) is 54.7 Å². The van der Waals surface area contributed by atoms with Crippen molar-refractivity contribution in [2.45, 2.75) is 19.8 Å². The Morgan fingerprint density at radius 1 is 1.47 bits per heavy atom. The second-order valence-corrected chi connectivity index (χ2v) is 4.23. The largest absolute Gasteiger partial charge is 0.346 e. The van der Waals surface area contributed by atoms with Gasteiger partial charge in [0, 0.05) is 23.7 Å². The number of pyridine rings is 1. The van der Waals surface area contributed by atoms with Gasteiger partial charge in [-0.15, -0.1) is 0 Å². The zero-order valence-electron chi connectivity index (χ0n) is 9.20. The van der Waals surface area contributed by atoms with Crippen LogP contribution in [0.5, 0.6) is 0 Å². The summed E-state index contributed by atoms with van der Waals surface area (Å²) in [5, 5.41) is 1.20. The highest BCUT2D eigenvalue weighted by atomic mass is 14.8. The van der Waals surface area contributed by atoms with Crippen molar-refractivity contribution < 1.29 is 0 Å². The van der Waals surface area contributed by atoms with E-state index in [1.807, 2.05) is 12.3 Å². The predicted octanol–water partition coefficient (Wildman–Crippen LogP) is 2.26. The van der Waals surface area contributed by atoms with Crippen molar-refractivity contribution in [2.24, 2.45) is 11.7 Å². The highest BCUT2D eigenvalue weighted by Gasteiger charge is 2.17. The Balaban J connectivity index is 2.51. The molecule has 0 bridgehead atoms. The molecule has 1 atom stereocenters. The average molecular weight is 203 g/mol. The molecule has 0 aliphatic rings. The maximum Gasteiger partial charge on any atom is 0.137 e. The van der Waals surface area contributed by atoms with Crippen LogP contribution in [0.4, 0.5) is 0 Å². The summed E-state index contributed by atoms with van der Waals surface area (Å²) in [4.78, 5) is 7.47. The van der Waals surface area contributed by atoms with E-state index in [1.165, 1.54) is 10.9 Å². The summed E-state index contributed by atoms with van der Waals surface area (Å²) in [7, 11) is 0. The lowest BCUT2D eigenvalue weighted by molar-refractivity contribution is 0.509. The minimum absolute atomic E-state index is 0.406. The van der Waals surface area contributed by atoms with Crippen LogP contribution in [0, 0.1) is 5.92 Å². The number of aromatic amines is 1. The zero-order valence-corrected chi connectivity index (χ0v) is 9.20. The maximum absolute atomic E-state index is 5.82. The van der Waals surface area contributed by atoms with Gasteiger partial charge in [-0.1, -0.05) is 13.8 Å². The summed E-state index contributed by atoms with van der Waals surface area (Å²) < 4.78 is 0. The smallest absolute Gasteiger partial charge is 0.137 e. The van der Waals surface area contributed by atoms with Crippen LogP contribution < -0.4 is 5.73 Å². The van der Waals surface area contributed by atoms with Gasteiger partial charge in [0.2, 0.25) is 0 Å². The van der Waals surface area contributed by atoms with Crippen LogP contribution in [0.15, 0.2) is 24.5 Å². The Hall–Kier alpha value is -1.35. The van der Waals surface area contributed by atoms with Crippen LogP contribution in [0.1, 0.15) is 25.3 Å². The first-order valence-electron chi connectivity index (χ1n) is 5.36. The number of rotatable bonds is 3. The van der Waals surface area contributed by atoms with Gasteiger partial charge in [-0.25, -0.2) is 4.98 Å². The molecule has 0 aromatic carbocycles. The van der Waals surface area contributed by atoms with E-state index in [-0.39, 0.29) is 0 Å². The second-order valence-electron chi connectivity index (χ2n) is 4.23. The van der Waals surface area contributed by atoms with Gasteiger partial charge >= 0.3 is 0 Å². The van der Waals surface area contributed by atoms with Gasteiger partial charge in [-0.3, -0.25) is 0 Å². The Labute approximate surface area is 89.7 Å². The third kappa shape index (κ3) is 1.75. The first-order valence-corrected chi connectivity index (χ1v) is 5.36. The molecule has 2 aromatic heterocycles. The van der Waals surface area contributed by atoms with Crippen molar-refractivity contribution >= 4 is 11.0 Å². The quantitative estimate of drug-likeness (QED) is 0.804. The molecule has 0 radical (unpaired) electrons. The standard InChI is InChI=1S/C12H17N3/c1-8(2)10(6-13)11-7-15-12-9(11)4-3-5-14-12/h3-5,7-8,10H,6,13H2,1-2H3,(H,14,15). The molecular weight excluding hydrogens is 186 g/mol. The van der Waals surface area contributed by atoms with Gasteiger partial charge in [-0.05, 0) is 30.2 Å². The van der Waals surface area contributed by atoms with E-state index in [4.69, 9.17) is 5.73 Å². The molecule has 3 N–H and O–H groups in total. The Morgan fingerprint density at radius 2 is 2.27 bits per heavy atom. The molecule has 0 saturated heterocycles. The highest BCUT2D eigenvalue weighted by molar-refractivity contribution is 5.80. The molecule has 0 aliphatic carbocycles. The number of H-pyrrole nitrogens is 1. The maximum atomic E-state index is 5.82. The van der Waals surface area contributed by atoms with Gasteiger partial charge in [0.15, 0.2) is 0 Å². The lowest BCUT2D eigenvalue weighted by Gasteiger charge is -2.17. The molecule has 3 heteroatoms. The van der Waals surface area contributed by atoms with Gasteiger partial charge in [0.1, 0.15) is 5.65 Å². The number of nitrogens with two attached hydrogens (primary N) is 1. The summed E-state index contributed by atoms with van der Waals surface area (Å²) in [6, 6.07) is 4.06.